The Kier molecular flexibility index (Phi) is 4.58. The Hall–Kier alpha value is -0.120. The fourth-order valence-electron chi connectivity index (χ4n) is 1.45. The summed E-state index contributed by atoms with van der Waals surface area (Å²) in [4.78, 5) is 2.33. The van der Waals surface area contributed by atoms with E-state index in [2.05, 4.69) is 29.5 Å². The number of nitrogens with one attached hydrogen (secondary N) is 2. The SMILES string of the molecule is CCN(C)CCNC1CCNC1. The fraction of sp³-hybridized carbons (Fsp3) is 1.00. The second-order valence-corrected chi connectivity index (χ2v) is 3.54. The summed E-state index contributed by atoms with van der Waals surface area (Å²) in [6, 6.07) is 0.718. The molecule has 1 atom stereocenters. The topological polar surface area (TPSA) is 27.3 Å². The van der Waals surface area contributed by atoms with Gasteiger partial charge in [-0.1, -0.05) is 6.92 Å². The molecule has 0 aliphatic carbocycles. The average Bonchev–Trinajstić information content (AvgIpc) is 2.57. The Balaban J connectivity index is 1.94. The summed E-state index contributed by atoms with van der Waals surface area (Å²) in [5.41, 5.74) is 0. The summed E-state index contributed by atoms with van der Waals surface area (Å²) in [5.74, 6) is 0. The first-order valence-electron chi connectivity index (χ1n) is 4.95. The molecule has 0 aromatic carbocycles. The molecule has 0 spiro atoms. The molecule has 2 N–H and O–H groups in total. The molecule has 1 rings (SSSR count). The van der Waals surface area contributed by atoms with Gasteiger partial charge in [0.15, 0.2) is 0 Å². The highest BCUT2D eigenvalue weighted by Gasteiger charge is 2.12. The molecule has 1 fully saturated rings. The van der Waals surface area contributed by atoms with Crippen LogP contribution >= 0.6 is 0 Å². The van der Waals surface area contributed by atoms with Crippen molar-refractivity contribution in [1.29, 1.82) is 0 Å². The van der Waals surface area contributed by atoms with Gasteiger partial charge in [-0.25, -0.2) is 0 Å². The zero-order chi connectivity index (χ0) is 8.81. The predicted octanol–water partition coefficient (Wildman–Crippen LogP) is -0.110. The maximum atomic E-state index is 3.54. The number of nitrogens with zero attached hydrogens (tertiary/aromatic N) is 1. The molecule has 12 heavy (non-hydrogen) atoms. The Labute approximate surface area is 75.5 Å². The molecule has 0 amide bonds. The molecule has 72 valence electrons. The van der Waals surface area contributed by atoms with E-state index in [4.69, 9.17) is 0 Å². The third-order valence-corrected chi connectivity index (χ3v) is 2.53. The quantitative estimate of drug-likeness (QED) is 0.604. The molecule has 1 heterocycles. The van der Waals surface area contributed by atoms with Crippen LogP contribution in [0.4, 0.5) is 0 Å². The summed E-state index contributed by atoms with van der Waals surface area (Å²) >= 11 is 0. The maximum absolute atomic E-state index is 3.54. The molecule has 0 aromatic heterocycles. The average molecular weight is 171 g/mol. The fourth-order valence-corrected chi connectivity index (χ4v) is 1.45. The van der Waals surface area contributed by atoms with Crippen LogP contribution in [0.15, 0.2) is 0 Å². The third kappa shape index (κ3) is 3.52. The summed E-state index contributed by atoms with van der Waals surface area (Å²) < 4.78 is 0. The summed E-state index contributed by atoms with van der Waals surface area (Å²) in [6.45, 7) is 7.95. The van der Waals surface area contributed by atoms with Crippen molar-refractivity contribution in [1.82, 2.24) is 15.5 Å². The van der Waals surface area contributed by atoms with E-state index in [-0.39, 0.29) is 0 Å². The monoisotopic (exact) mass is 171 g/mol. The van der Waals surface area contributed by atoms with E-state index in [0.717, 1.165) is 32.2 Å². The minimum Gasteiger partial charge on any atom is -0.315 e. The van der Waals surface area contributed by atoms with Crippen molar-refractivity contribution in [2.45, 2.75) is 19.4 Å². The third-order valence-electron chi connectivity index (χ3n) is 2.53. The van der Waals surface area contributed by atoms with Gasteiger partial charge in [0.25, 0.3) is 0 Å². The lowest BCUT2D eigenvalue weighted by molar-refractivity contribution is 0.341. The van der Waals surface area contributed by atoms with Gasteiger partial charge in [-0.3, -0.25) is 0 Å². The lowest BCUT2D eigenvalue weighted by Gasteiger charge is -2.16. The molecule has 3 nitrogen and oxygen atoms in total. The largest absolute Gasteiger partial charge is 0.315 e. The normalized spacial score (nSPS) is 23.8. The van der Waals surface area contributed by atoms with Crippen molar-refractivity contribution in [3.8, 4) is 0 Å². The highest BCUT2D eigenvalue weighted by Crippen LogP contribution is 1.95. The molecule has 0 bridgehead atoms. The van der Waals surface area contributed by atoms with Crippen molar-refractivity contribution >= 4 is 0 Å². The van der Waals surface area contributed by atoms with Crippen molar-refractivity contribution in [3.05, 3.63) is 0 Å². The molecule has 1 saturated heterocycles. The minimum atomic E-state index is 0.718. The molecule has 0 radical (unpaired) electrons. The molecule has 1 aliphatic heterocycles. The Morgan fingerprint density at radius 3 is 3.00 bits per heavy atom. The molecule has 1 unspecified atom stereocenters. The van der Waals surface area contributed by atoms with Crippen LogP contribution in [0.5, 0.6) is 0 Å². The van der Waals surface area contributed by atoms with E-state index in [1.54, 1.807) is 0 Å². The van der Waals surface area contributed by atoms with Gasteiger partial charge < -0.3 is 15.5 Å². The second kappa shape index (κ2) is 5.51. The summed E-state index contributed by atoms with van der Waals surface area (Å²) in [5, 5.41) is 6.89. The van der Waals surface area contributed by atoms with Gasteiger partial charge in [0, 0.05) is 25.7 Å². The van der Waals surface area contributed by atoms with Crippen LogP contribution in [0.2, 0.25) is 0 Å². The predicted molar refractivity (Wildman–Crippen MR) is 52.4 cm³/mol. The summed E-state index contributed by atoms with van der Waals surface area (Å²) in [7, 11) is 2.16. The highest BCUT2D eigenvalue weighted by atomic mass is 15.1. The van der Waals surface area contributed by atoms with Gasteiger partial charge in [-0.15, -0.1) is 0 Å². The van der Waals surface area contributed by atoms with E-state index >= 15 is 0 Å². The summed E-state index contributed by atoms with van der Waals surface area (Å²) in [6.07, 6.45) is 1.29. The van der Waals surface area contributed by atoms with Crippen molar-refractivity contribution in [3.63, 3.8) is 0 Å². The maximum Gasteiger partial charge on any atom is 0.0205 e. The number of hydrogen-bond acceptors (Lipinski definition) is 3. The van der Waals surface area contributed by atoms with Crippen LogP contribution in [0, 0.1) is 0 Å². The van der Waals surface area contributed by atoms with E-state index < -0.39 is 0 Å². The van der Waals surface area contributed by atoms with Crippen molar-refractivity contribution in [2.24, 2.45) is 0 Å². The van der Waals surface area contributed by atoms with Crippen LogP contribution in [-0.2, 0) is 0 Å². The highest BCUT2D eigenvalue weighted by molar-refractivity contribution is 4.77. The second-order valence-electron chi connectivity index (χ2n) is 3.54. The smallest absolute Gasteiger partial charge is 0.0205 e. The molecular weight excluding hydrogens is 150 g/mol. The van der Waals surface area contributed by atoms with Crippen molar-refractivity contribution in [2.75, 3.05) is 39.8 Å². The number of hydrogen-bond donors (Lipinski definition) is 2. The van der Waals surface area contributed by atoms with E-state index in [9.17, 15) is 0 Å². The van der Waals surface area contributed by atoms with Crippen LogP contribution < -0.4 is 10.6 Å². The van der Waals surface area contributed by atoms with E-state index in [0.29, 0.717) is 0 Å². The first kappa shape index (κ1) is 9.96. The van der Waals surface area contributed by atoms with Gasteiger partial charge in [-0.2, -0.15) is 0 Å². The van der Waals surface area contributed by atoms with E-state index in [1.807, 2.05) is 0 Å². The zero-order valence-corrected chi connectivity index (χ0v) is 8.27. The van der Waals surface area contributed by atoms with Crippen LogP contribution in [-0.4, -0.2) is 50.7 Å². The standard InChI is InChI=1S/C9H21N3/c1-3-12(2)7-6-11-9-4-5-10-8-9/h9-11H,3-8H2,1-2H3. The Morgan fingerprint density at radius 2 is 2.42 bits per heavy atom. The molecule has 3 heteroatoms. The van der Waals surface area contributed by atoms with Gasteiger partial charge in [0.1, 0.15) is 0 Å². The Bertz CT molecular complexity index is 110. The van der Waals surface area contributed by atoms with Gasteiger partial charge in [-0.05, 0) is 26.6 Å². The number of likely N-dealkylation sites (N-methyl/N-ethyl adjacent to an activating group) is 1. The first-order valence-corrected chi connectivity index (χ1v) is 4.95. The first-order chi connectivity index (χ1) is 5.83. The van der Waals surface area contributed by atoms with Gasteiger partial charge >= 0.3 is 0 Å². The van der Waals surface area contributed by atoms with E-state index in [1.165, 1.54) is 13.0 Å². The van der Waals surface area contributed by atoms with Crippen LogP contribution in [0.3, 0.4) is 0 Å². The van der Waals surface area contributed by atoms with Crippen LogP contribution in [0.1, 0.15) is 13.3 Å². The number of rotatable bonds is 5. The zero-order valence-electron chi connectivity index (χ0n) is 8.27. The minimum absolute atomic E-state index is 0.718. The van der Waals surface area contributed by atoms with Crippen molar-refractivity contribution < 1.29 is 0 Å². The van der Waals surface area contributed by atoms with Gasteiger partial charge in [0.2, 0.25) is 0 Å². The Morgan fingerprint density at radius 1 is 1.58 bits per heavy atom. The molecular formula is C9H21N3. The lowest BCUT2D eigenvalue weighted by atomic mass is 10.2. The van der Waals surface area contributed by atoms with Gasteiger partial charge in [0.05, 0.1) is 0 Å². The van der Waals surface area contributed by atoms with Crippen LogP contribution in [0.25, 0.3) is 0 Å². The molecule has 0 aromatic rings. The lowest BCUT2D eigenvalue weighted by Crippen LogP contribution is -2.36. The molecule has 1 aliphatic rings. The molecule has 0 saturated carbocycles.